The van der Waals surface area contributed by atoms with Gasteiger partial charge in [-0.2, -0.15) is 0 Å². The van der Waals surface area contributed by atoms with E-state index in [2.05, 4.69) is 175 Å². The average molecular weight is 616 g/mol. The fourth-order valence-electron chi connectivity index (χ4n) is 7.27. The van der Waals surface area contributed by atoms with Crippen LogP contribution in [0.15, 0.2) is 182 Å². The summed E-state index contributed by atoms with van der Waals surface area (Å²) in [5, 5.41) is 2.40. The van der Waals surface area contributed by atoms with Gasteiger partial charge in [0, 0.05) is 28.0 Å². The number of hydrogen-bond donors (Lipinski definition) is 0. The van der Waals surface area contributed by atoms with Crippen LogP contribution >= 0.6 is 0 Å². The predicted octanol–water partition coefficient (Wildman–Crippen LogP) is 12.8. The van der Waals surface area contributed by atoms with Crippen molar-refractivity contribution in [3.05, 3.63) is 187 Å². The van der Waals surface area contributed by atoms with Gasteiger partial charge < -0.3 is 9.64 Å². The summed E-state index contributed by atoms with van der Waals surface area (Å²) >= 11 is 0. The zero-order chi connectivity index (χ0) is 31.9. The molecule has 2 nitrogen and oxygen atoms in total. The Kier molecular flexibility index (Phi) is 6.98. The van der Waals surface area contributed by atoms with Crippen LogP contribution in [0.25, 0.3) is 49.7 Å². The molecule has 9 rings (SSSR count). The summed E-state index contributed by atoms with van der Waals surface area (Å²) in [6, 6.07) is 58.6. The highest BCUT2D eigenvalue weighted by Gasteiger charge is 2.25. The first-order chi connectivity index (χ1) is 23.8. The van der Waals surface area contributed by atoms with Crippen LogP contribution in [-0.4, -0.2) is 0 Å². The molecule has 228 valence electrons. The first-order valence-corrected chi connectivity index (χ1v) is 16.7. The number of benzene rings is 7. The van der Waals surface area contributed by atoms with Crippen molar-refractivity contribution in [1.29, 1.82) is 0 Å². The Bertz CT molecular complexity index is 2250. The maximum Gasteiger partial charge on any atom is 0.135 e. The molecule has 0 unspecified atom stereocenters. The third-order valence-corrected chi connectivity index (χ3v) is 9.58. The maximum atomic E-state index is 6.46. The van der Waals surface area contributed by atoms with Crippen LogP contribution in [-0.2, 0) is 0 Å². The largest absolute Gasteiger partial charge is 0.456 e. The topological polar surface area (TPSA) is 12.5 Å². The molecule has 0 N–H and O–H groups in total. The van der Waals surface area contributed by atoms with Crippen LogP contribution in [0, 0.1) is 0 Å². The number of para-hydroxylation sites is 1. The minimum atomic E-state index is 0.912. The van der Waals surface area contributed by atoms with Gasteiger partial charge in [0.05, 0.1) is 0 Å². The van der Waals surface area contributed by atoms with Gasteiger partial charge >= 0.3 is 0 Å². The molecule has 0 saturated carbocycles. The van der Waals surface area contributed by atoms with E-state index in [0.29, 0.717) is 0 Å². The Hall–Kier alpha value is -6.12. The molecule has 0 fully saturated rings. The third-order valence-electron chi connectivity index (χ3n) is 9.58. The Labute approximate surface area is 281 Å². The first-order valence-electron chi connectivity index (χ1n) is 16.7. The van der Waals surface area contributed by atoms with Gasteiger partial charge in [0.2, 0.25) is 0 Å². The zero-order valence-corrected chi connectivity index (χ0v) is 26.5. The number of nitrogens with zero attached hydrogens (tertiary/aromatic N) is 1. The summed E-state index contributed by atoms with van der Waals surface area (Å²) in [4.78, 5) is 2.43. The molecule has 7 aromatic rings. The first kappa shape index (κ1) is 28.1. The second kappa shape index (κ2) is 11.9. The number of anilines is 2. The molecular formula is C46H33NO. The van der Waals surface area contributed by atoms with Gasteiger partial charge in [0.1, 0.15) is 11.5 Å². The van der Waals surface area contributed by atoms with Crippen molar-refractivity contribution in [3.63, 3.8) is 0 Å². The minimum Gasteiger partial charge on any atom is -0.456 e. The summed E-state index contributed by atoms with van der Waals surface area (Å²) in [5.74, 6) is 1.83. The number of fused-ring (bicyclic) bond motifs is 2. The fraction of sp³-hybridized carbons (Fsp3) is 0.0435. The number of hydrogen-bond acceptors (Lipinski definition) is 2. The molecule has 1 heterocycles. The van der Waals surface area contributed by atoms with E-state index in [0.717, 1.165) is 41.3 Å². The summed E-state index contributed by atoms with van der Waals surface area (Å²) < 4.78 is 6.46. The van der Waals surface area contributed by atoms with Crippen molar-refractivity contribution in [2.45, 2.75) is 12.8 Å². The van der Waals surface area contributed by atoms with Gasteiger partial charge in [-0.15, -0.1) is 0 Å². The summed E-state index contributed by atoms with van der Waals surface area (Å²) in [6.07, 6.45) is 6.57. The molecular weight excluding hydrogens is 583 g/mol. The lowest BCUT2D eigenvalue weighted by molar-refractivity contribution is 0.487. The van der Waals surface area contributed by atoms with Crippen LogP contribution in [0.3, 0.4) is 0 Å². The second-order valence-corrected chi connectivity index (χ2v) is 12.4. The van der Waals surface area contributed by atoms with E-state index in [1.54, 1.807) is 0 Å². The van der Waals surface area contributed by atoms with Gasteiger partial charge in [-0.05, 0) is 99.7 Å². The number of ether oxygens (including phenoxy) is 1. The fourth-order valence-corrected chi connectivity index (χ4v) is 7.27. The van der Waals surface area contributed by atoms with Gasteiger partial charge in [-0.25, -0.2) is 0 Å². The molecule has 0 amide bonds. The van der Waals surface area contributed by atoms with E-state index in [4.69, 9.17) is 4.74 Å². The van der Waals surface area contributed by atoms with Gasteiger partial charge in [-0.3, -0.25) is 0 Å². The SMILES string of the molecule is C1=CC(N(c2ccc(-c3ccccc3)cc2)c2ccc(-c3ccccc3)cc2)=C(c2ccc3c4c(cccc24)-c2ccccc2O3)CC1. The minimum absolute atomic E-state index is 0.912. The monoisotopic (exact) mass is 615 g/mol. The Balaban J connectivity index is 1.22. The molecule has 1 aliphatic carbocycles. The van der Waals surface area contributed by atoms with Gasteiger partial charge in [-0.1, -0.05) is 133 Å². The van der Waals surface area contributed by atoms with Crippen molar-refractivity contribution < 1.29 is 4.74 Å². The molecule has 0 atom stereocenters. The molecule has 0 radical (unpaired) electrons. The lowest BCUT2D eigenvalue weighted by Gasteiger charge is -2.31. The van der Waals surface area contributed by atoms with E-state index in [9.17, 15) is 0 Å². The normalized spacial score (nSPS) is 13.2. The van der Waals surface area contributed by atoms with Crippen LogP contribution in [0.2, 0.25) is 0 Å². The quantitative estimate of drug-likeness (QED) is 0.184. The molecule has 48 heavy (non-hydrogen) atoms. The zero-order valence-electron chi connectivity index (χ0n) is 26.5. The lowest BCUT2D eigenvalue weighted by Crippen LogP contribution is -2.18. The maximum absolute atomic E-state index is 6.46. The highest BCUT2D eigenvalue weighted by Crippen LogP contribution is 2.49. The summed E-state index contributed by atoms with van der Waals surface area (Å²) in [7, 11) is 0. The Morgan fingerprint density at radius 2 is 1.02 bits per heavy atom. The van der Waals surface area contributed by atoms with E-state index >= 15 is 0 Å². The molecule has 7 aromatic carbocycles. The van der Waals surface area contributed by atoms with Gasteiger partial charge in [0.25, 0.3) is 0 Å². The van der Waals surface area contributed by atoms with Crippen molar-refractivity contribution >= 4 is 27.7 Å². The van der Waals surface area contributed by atoms with Crippen molar-refractivity contribution in [1.82, 2.24) is 0 Å². The molecule has 0 saturated heterocycles. The van der Waals surface area contributed by atoms with Crippen LogP contribution in [0.5, 0.6) is 11.5 Å². The van der Waals surface area contributed by atoms with E-state index < -0.39 is 0 Å². The van der Waals surface area contributed by atoms with Crippen LogP contribution in [0.4, 0.5) is 11.4 Å². The predicted molar refractivity (Wildman–Crippen MR) is 201 cm³/mol. The van der Waals surface area contributed by atoms with E-state index in [1.807, 2.05) is 6.07 Å². The van der Waals surface area contributed by atoms with E-state index in [-0.39, 0.29) is 0 Å². The number of rotatable bonds is 6. The molecule has 1 aliphatic heterocycles. The molecule has 2 heteroatoms. The van der Waals surface area contributed by atoms with Crippen LogP contribution < -0.4 is 9.64 Å². The highest BCUT2D eigenvalue weighted by molar-refractivity contribution is 6.08. The van der Waals surface area contributed by atoms with Crippen molar-refractivity contribution in [2.24, 2.45) is 0 Å². The molecule has 2 aliphatic rings. The van der Waals surface area contributed by atoms with E-state index in [1.165, 1.54) is 55.4 Å². The standard InChI is InChI=1S/C46H33NO/c1-3-12-32(13-4-1)34-22-26-36(27-23-34)47(37-28-24-35(25-29-37)33-14-5-2-6-15-33)43-20-9-7-16-39(43)38-30-31-45-46-41(38)18-11-19-42(46)40-17-8-10-21-44(40)48-45/h1-6,8-15,17-31H,7,16H2. The molecule has 0 spiro atoms. The smallest absolute Gasteiger partial charge is 0.135 e. The Morgan fingerprint density at radius 3 is 1.69 bits per heavy atom. The third kappa shape index (κ3) is 4.90. The second-order valence-electron chi connectivity index (χ2n) is 12.4. The highest BCUT2D eigenvalue weighted by atomic mass is 16.5. The summed E-state index contributed by atoms with van der Waals surface area (Å²) in [5.41, 5.74) is 13.2. The Morgan fingerprint density at radius 1 is 0.438 bits per heavy atom. The average Bonchev–Trinajstić information content (AvgIpc) is 3.17. The number of allylic oxidation sites excluding steroid dienone is 3. The lowest BCUT2D eigenvalue weighted by atomic mass is 9.87. The van der Waals surface area contributed by atoms with Crippen molar-refractivity contribution in [3.8, 4) is 44.9 Å². The van der Waals surface area contributed by atoms with Crippen LogP contribution in [0.1, 0.15) is 18.4 Å². The van der Waals surface area contributed by atoms with Gasteiger partial charge in [0.15, 0.2) is 0 Å². The van der Waals surface area contributed by atoms with Crippen molar-refractivity contribution in [2.75, 3.05) is 4.90 Å². The molecule has 0 bridgehead atoms. The molecule has 0 aromatic heterocycles. The summed E-state index contributed by atoms with van der Waals surface area (Å²) in [6.45, 7) is 0.